The second kappa shape index (κ2) is 6.08. The summed E-state index contributed by atoms with van der Waals surface area (Å²) in [5, 5.41) is 11.8. The van der Waals surface area contributed by atoms with Gasteiger partial charge in [0, 0.05) is 19.3 Å². The Bertz CT molecular complexity index is 200. The zero-order valence-electron chi connectivity index (χ0n) is 9.53. The van der Waals surface area contributed by atoms with Crippen molar-refractivity contribution < 1.29 is 14.6 Å². The predicted octanol–water partition coefficient (Wildman–Crippen LogP) is 0.689. The van der Waals surface area contributed by atoms with E-state index >= 15 is 0 Å². The van der Waals surface area contributed by atoms with Crippen LogP contribution < -0.4 is 5.32 Å². The van der Waals surface area contributed by atoms with Crippen molar-refractivity contribution in [2.75, 3.05) is 13.2 Å². The number of ether oxygens (including phenoxy) is 1. The second-order valence-electron chi connectivity index (χ2n) is 4.37. The Morgan fingerprint density at radius 1 is 1.60 bits per heavy atom. The average molecular weight is 215 g/mol. The van der Waals surface area contributed by atoms with E-state index in [1.165, 1.54) is 0 Å². The number of rotatable bonds is 5. The summed E-state index contributed by atoms with van der Waals surface area (Å²) in [4.78, 5) is 11.7. The zero-order valence-corrected chi connectivity index (χ0v) is 9.53. The van der Waals surface area contributed by atoms with Crippen molar-refractivity contribution in [2.24, 2.45) is 5.92 Å². The van der Waals surface area contributed by atoms with Gasteiger partial charge < -0.3 is 15.2 Å². The van der Waals surface area contributed by atoms with Crippen LogP contribution in [0.2, 0.25) is 0 Å². The lowest BCUT2D eigenvalue weighted by Crippen LogP contribution is -2.44. The van der Waals surface area contributed by atoms with E-state index in [2.05, 4.69) is 5.32 Å². The van der Waals surface area contributed by atoms with Crippen molar-refractivity contribution in [1.29, 1.82) is 0 Å². The topological polar surface area (TPSA) is 58.6 Å². The van der Waals surface area contributed by atoms with Gasteiger partial charge in [-0.1, -0.05) is 13.8 Å². The molecule has 4 heteroatoms. The van der Waals surface area contributed by atoms with Crippen molar-refractivity contribution in [2.45, 2.75) is 45.3 Å². The third kappa shape index (κ3) is 3.80. The van der Waals surface area contributed by atoms with Crippen molar-refractivity contribution in [3.8, 4) is 0 Å². The summed E-state index contributed by atoms with van der Waals surface area (Å²) >= 11 is 0. The Hall–Kier alpha value is -0.610. The van der Waals surface area contributed by atoms with Crippen LogP contribution >= 0.6 is 0 Å². The predicted molar refractivity (Wildman–Crippen MR) is 57.4 cm³/mol. The van der Waals surface area contributed by atoms with E-state index in [0.29, 0.717) is 18.9 Å². The maximum absolute atomic E-state index is 11.7. The van der Waals surface area contributed by atoms with Crippen molar-refractivity contribution in [3.05, 3.63) is 0 Å². The largest absolute Gasteiger partial charge is 0.396 e. The second-order valence-corrected chi connectivity index (χ2v) is 4.37. The molecule has 1 aliphatic rings. The summed E-state index contributed by atoms with van der Waals surface area (Å²) in [6, 6.07) is 0.0479. The third-order valence-corrected chi connectivity index (χ3v) is 2.79. The molecule has 0 aromatic rings. The van der Waals surface area contributed by atoms with E-state index in [-0.39, 0.29) is 24.7 Å². The van der Waals surface area contributed by atoms with Gasteiger partial charge in [-0.2, -0.15) is 0 Å². The highest BCUT2D eigenvalue weighted by Gasteiger charge is 2.26. The van der Waals surface area contributed by atoms with Crippen LogP contribution in [0, 0.1) is 5.92 Å². The fourth-order valence-electron chi connectivity index (χ4n) is 1.77. The van der Waals surface area contributed by atoms with E-state index in [1.54, 1.807) is 0 Å². The molecule has 1 saturated heterocycles. The van der Waals surface area contributed by atoms with E-state index in [4.69, 9.17) is 9.84 Å². The van der Waals surface area contributed by atoms with E-state index in [1.807, 2.05) is 13.8 Å². The molecule has 15 heavy (non-hydrogen) atoms. The lowest BCUT2D eigenvalue weighted by Gasteiger charge is -2.23. The third-order valence-electron chi connectivity index (χ3n) is 2.79. The number of amides is 1. The summed E-state index contributed by atoms with van der Waals surface area (Å²) in [6.45, 7) is 4.87. The summed E-state index contributed by atoms with van der Waals surface area (Å²) < 4.78 is 5.30. The summed E-state index contributed by atoms with van der Waals surface area (Å²) in [6.07, 6.45) is 2.11. The smallest absolute Gasteiger partial charge is 0.249 e. The van der Waals surface area contributed by atoms with Gasteiger partial charge in [0.05, 0.1) is 0 Å². The molecule has 0 radical (unpaired) electrons. The summed E-state index contributed by atoms with van der Waals surface area (Å²) in [5.74, 6) is 0.308. The Morgan fingerprint density at radius 2 is 2.33 bits per heavy atom. The minimum atomic E-state index is -0.273. The molecule has 1 aliphatic heterocycles. The van der Waals surface area contributed by atoms with Gasteiger partial charge in [0.2, 0.25) is 5.91 Å². The molecule has 0 aromatic carbocycles. The SMILES string of the molecule is CC(C)C(CCO)NC(=O)C1CCCO1. The highest BCUT2D eigenvalue weighted by atomic mass is 16.5. The van der Waals surface area contributed by atoms with Gasteiger partial charge in [-0.15, -0.1) is 0 Å². The zero-order chi connectivity index (χ0) is 11.3. The van der Waals surface area contributed by atoms with Crippen LogP contribution in [0.15, 0.2) is 0 Å². The quantitative estimate of drug-likeness (QED) is 0.709. The molecule has 1 rings (SSSR count). The number of aliphatic hydroxyl groups is 1. The number of carbonyl (C=O) groups excluding carboxylic acids is 1. The van der Waals surface area contributed by atoms with Crippen LogP contribution in [-0.4, -0.2) is 36.4 Å². The minimum absolute atomic E-state index is 0.0281. The van der Waals surface area contributed by atoms with Gasteiger partial charge in [0.1, 0.15) is 6.10 Å². The normalized spacial score (nSPS) is 23.1. The Labute approximate surface area is 91.0 Å². The maximum Gasteiger partial charge on any atom is 0.249 e. The van der Waals surface area contributed by atoms with Crippen LogP contribution in [0.1, 0.15) is 33.1 Å². The maximum atomic E-state index is 11.7. The molecule has 2 N–H and O–H groups in total. The summed E-state index contributed by atoms with van der Waals surface area (Å²) in [7, 11) is 0. The molecule has 1 amide bonds. The van der Waals surface area contributed by atoms with Crippen LogP contribution in [-0.2, 0) is 9.53 Å². The molecular weight excluding hydrogens is 194 g/mol. The van der Waals surface area contributed by atoms with Gasteiger partial charge in [-0.05, 0) is 25.2 Å². The van der Waals surface area contributed by atoms with E-state index < -0.39 is 0 Å². The molecule has 4 nitrogen and oxygen atoms in total. The number of carbonyl (C=O) groups is 1. The fourth-order valence-corrected chi connectivity index (χ4v) is 1.77. The van der Waals surface area contributed by atoms with Gasteiger partial charge in [-0.3, -0.25) is 4.79 Å². The lowest BCUT2D eigenvalue weighted by atomic mass is 10.0. The number of aliphatic hydroxyl groups excluding tert-OH is 1. The molecular formula is C11H21NO3. The minimum Gasteiger partial charge on any atom is -0.396 e. The van der Waals surface area contributed by atoms with Crippen LogP contribution in [0.4, 0.5) is 0 Å². The first-order valence-electron chi connectivity index (χ1n) is 5.68. The average Bonchev–Trinajstić information content (AvgIpc) is 2.69. The molecule has 1 heterocycles. The van der Waals surface area contributed by atoms with E-state index in [9.17, 15) is 4.79 Å². The molecule has 1 fully saturated rings. The molecule has 2 atom stereocenters. The van der Waals surface area contributed by atoms with Crippen LogP contribution in [0.25, 0.3) is 0 Å². The van der Waals surface area contributed by atoms with Crippen molar-refractivity contribution >= 4 is 5.91 Å². The first-order valence-corrected chi connectivity index (χ1v) is 5.68. The molecule has 0 aromatic heterocycles. The Morgan fingerprint density at radius 3 is 2.80 bits per heavy atom. The molecule has 0 bridgehead atoms. The van der Waals surface area contributed by atoms with Crippen LogP contribution in [0.5, 0.6) is 0 Å². The lowest BCUT2D eigenvalue weighted by molar-refractivity contribution is -0.131. The standard InChI is InChI=1S/C11H21NO3/c1-8(2)9(5-6-13)12-11(14)10-4-3-7-15-10/h8-10,13H,3-7H2,1-2H3,(H,12,14). The molecule has 88 valence electrons. The molecule has 0 spiro atoms. The van der Waals surface area contributed by atoms with Gasteiger partial charge >= 0.3 is 0 Å². The highest BCUT2D eigenvalue weighted by molar-refractivity contribution is 5.81. The van der Waals surface area contributed by atoms with Crippen molar-refractivity contribution in [3.63, 3.8) is 0 Å². The first kappa shape index (κ1) is 12.5. The molecule has 0 saturated carbocycles. The molecule has 2 unspecified atom stereocenters. The van der Waals surface area contributed by atoms with Crippen molar-refractivity contribution in [1.82, 2.24) is 5.32 Å². The Kier molecular flexibility index (Phi) is 5.05. The summed E-state index contributed by atoms with van der Waals surface area (Å²) in [5.41, 5.74) is 0. The number of hydrogen-bond donors (Lipinski definition) is 2. The van der Waals surface area contributed by atoms with Gasteiger partial charge in [-0.25, -0.2) is 0 Å². The van der Waals surface area contributed by atoms with E-state index in [0.717, 1.165) is 12.8 Å². The van der Waals surface area contributed by atoms with Gasteiger partial charge in [0.15, 0.2) is 0 Å². The van der Waals surface area contributed by atoms with Crippen LogP contribution in [0.3, 0.4) is 0 Å². The van der Waals surface area contributed by atoms with Gasteiger partial charge in [0.25, 0.3) is 0 Å². The number of nitrogens with one attached hydrogen (secondary N) is 1. The fraction of sp³-hybridized carbons (Fsp3) is 0.909. The Balaban J connectivity index is 2.38. The molecule has 0 aliphatic carbocycles. The monoisotopic (exact) mass is 215 g/mol. The first-order chi connectivity index (χ1) is 7.15. The highest BCUT2D eigenvalue weighted by Crippen LogP contribution is 2.13. The number of hydrogen-bond acceptors (Lipinski definition) is 3.